The second-order valence-electron chi connectivity index (χ2n) is 3.15. The van der Waals surface area contributed by atoms with Gasteiger partial charge in [-0.2, -0.15) is 0 Å². The summed E-state index contributed by atoms with van der Waals surface area (Å²) in [5.41, 5.74) is 0. The maximum atomic E-state index is 11.5. The molecule has 0 aliphatic carbocycles. The Hall–Kier alpha value is -1.55. The van der Waals surface area contributed by atoms with E-state index in [9.17, 15) is 9.59 Å². The largest absolute Gasteiger partial charge is 0.463 e. The third-order valence-corrected chi connectivity index (χ3v) is 2.70. The average molecular weight is 250 g/mol. The van der Waals surface area contributed by atoms with Crippen LogP contribution >= 0.6 is 11.8 Å². The Morgan fingerprint density at radius 2 is 2.00 bits per heavy atom. The lowest BCUT2D eigenvalue weighted by Crippen LogP contribution is -1.99. The molecule has 4 heteroatoms. The molecule has 1 aromatic carbocycles. The first-order valence-electron chi connectivity index (χ1n) is 5.31. The Morgan fingerprint density at radius 3 is 2.65 bits per heavy atom. The summed E-state index contributed by atoms with van der Waals surface area (Å²) in [7, 11) is 0. The lowest BCUT2D eigenvalue weighted by atomic mass is 10.4. The summed E-state index contributed by atoms with van der Waals surface area (Å²) in [5.74, 6) is -0.412. The predicted octanol–water partition coefficient (Wildman–Crippen LogP) is 2.81. The number of allylic oxidation sites excluding steroid dienone is 1. The molecule has 0 radical (unpaired) electrons. The molecule has 0 amide bonds. The van der Waals surface area contributed by atoms with Crippen molar-refractivity contribution < 1.29 is 14.3 Å². The van der Waals surface area contributed by atoms with Gasteiger partial charge in [0.15, 0.2) is 5.12 Å². The zero-order valence-electron chi connectivity index (χ0n) is 9.59. The average Bonchev–Trinajstić information content (AvgIpc) is 2.30. The SMILES string of the molecule is CCOC(=O)/C=C/CC(=O)Sc1ccccc1. The second kappa shape index (κ2) is 7.68. The summed E-state index contributed by atoms with van der Waals surface area (Å²) in [4.78, 5) is 23.4. The summed E-state index contributed by atoms with van der Waals surface area (Å²) in [6, 6.07) is 9.40. The van der Waals surface area contributed by atoms with Crippen LogP contribution in [-0.4, -0.2) is 17.7 Å². The van der Waals surface area contributed by atoms with Crippen molar-refractivity contribution in [2.75, 3.05) is 6.61 Å². The van der Waals surface area contributed by atoms with Crippen LogP contribution in [0.4, 0.5) is 0 Å². The van der Waals surface area contributed by atoms with Crippen LogP contribution in [0.5, 0.6) is 0 Å². The fourth-order valence-electron chi connectivity index (χ4n) is 1.10. The molecule has 0 aliphatic rings. The first-order chi connectivity index (χ1) is 8.22. The topological polar surface area (TPSA) is 43.4 Å². The number of ether oxygens (including phenoxy) is 1. The summed E-state index contributed by atoms with van der Waals surface area (Å²) in [6.07, 6.45) is 3.03. The van der Waals surface area contributed by atoms with E-state index in [4.69, 9.17) is 4.74 Å². The van der Waals surface area contributed by atoms with Gasteiger partial charge >= 0.3 is 5.97 Å². The smallest absolute Gasteiger partial charge is 0.330 e. The number of hydrogen-bond donors (Lipinski definition) is 0. The van der Waals surface area contributed by atoms with Crippen molar-refractivity contribution in [2.45, 2.75) is 18.2 Å². The molecule has 3 nitrogen and oxygen atoms in total. The highest BCUT2D eigenvalue weighted by atomic mass is 32.2. The lowest BCUT2D eigenvalue weighted by Gasteiger charge is -1.97. The van der Waals surface area contributed by atoms with E-state index in [-0.39, 0.29) is 11.5 Å². The van der Waals surface area contributed by atoms with E-state index in [0.29, 0.717) is 6.61 Å². The van der Waals surface area contributed by atoms with Crippen LogP contribution in [0.15, 0.2) is 47.4 Å². The fourth-order valence-corrected chi connectivity index (χ4v) is 1.84. The third-order valence-electron chi connectivity index (χ3n) is 1.80. The van der Waals surface area contributed by atoms with Gasteiger partial charge < -0.3 is 4.74 Å². The molecular formula is C13H14O3S. The number of hydrogen-bond acceptors (Lipinski definition) is 4. The van der Waals surface area contributed by atoms with Crippen LogP contribution in [0, 0.1) is 0 Å². The van der Waals surface area contributed by atoms with E-state index in [2.05, 4.69) is 0 Å². The normalized spacial score (nSPS) is 10.4. The van der Waals surface area contributed by atoms with Crippen molar-refractivity contribution in [3.63, 3.8) is 0 Å². The predicted molar refractivity (Wildman–Crippen MR) is 67.7 cm³/mol. The van der Waals surface area contributed by atoms with E-state index in [1.165, 1.54) is 23.9 Å². The molecule has 0 saturated carbocycles. The summed E-state index contributed by atoms with van der Waals surface area (Å²) >= 11 is 1.17. The number of esters is 1. The first kappa shape index (κ1) is 13.5. The fraction of sp³-hybridized carbons (Fsp3) is 0.231. The van der Waals surface area contributed by atoms with Crippen LogP contribution in [0.2, 0.25) is 0 Å². The van der Waals surface area contributed by atoms with Crippen LogP contribution in [0.3, 0.4) is 0 Å². The van der Waals surface area contributed by atoms with Crippen molar-refractivity contribution in [2.24, 2.45) is 0 Å². The molecule has 0 aliphatic heterocycles. The summed E-state index contributed by atoms with van der Waals surface area (Å²) in [6.45, 7) is 2.08. The van der Waals surface area contributed by atoms with Gasteiger partial charge in [0.25, 0.3) is 0 Å². The minimum absolute atomic E-state index is 0.00301. The molecule has 0 spiro atoms. The van der Waals surface area contributed by atoms with Crippen molar-refractivity contribution in [3.05, 3.63) is 42.5 Å². The van der Waals surface area contributed by atoms with Gasteiger partial charge in [0.2, 0.25) is 0 Å². The van der Waals surface area contributed by atoms with Crippen molar-refractivity contribution in [1.82, 2.24) is 0 Å². The van der Waals surface area contributed by atoms with Crippen molar-refractivity contribution >= 4 is 22.8 Å². The molecule has 0 aromatic heterocycles. The standard InChI is InChI=1S/C13H14O3S/c1-2-16-12(14)9-6-10-13(15)17-11-7-4-3-5-8-11/h3-9H,2,10H2,1H3/b9-6+. The van der Waals surface area contributed by atoms with E-state index < -0.39 is 5.97 Å². The number of benzene rings is 1. The van der Waals surface area contributed by atoms with Gasteiger partial charge in [-0.15, -0.1) is 0 Å². The van der Waals surface area contributed by atoms with Crippen LogP contribution in [-0.2, 0) is 14.3 Å². The molecule has 1 aromatic rings. The van der Waals surface area contributed by atoms with Crippen LogP contribution in [0.1, 0.15) is 13.3 Å². The Morgan fingerprint density at radius 1 is 1.29 bits per heavy atom. The number of rotatable bonds is 5. The molecule has 0 bridgehead atoms. The number of carbonyl (C=O) groups is 2. The number of carbonyl (C=O) groups excluding carboxylic acids is 2. The highest BCUT2D eigenvalue weighted by molar-refractivity contribution is 8.13. The minimum Gasteiger partial charge on any atom is -0.463 e. The van der Waals surface area contributed by atoms with Gasteiger partial charge in [-0.1, -0.05) is 36.0 Å². The molecule has 0 heterocycles. The third kappa shape index (κ3) is 5.92. The Labute approximate surface area is 105 Å². The lowest BCUT2D eigenvalue weighted by molar-refractivity contribution is -0.137. The summed E-state index contributed by atoms with van der Waals surface area (Å²) < 4.78 is 4.70. The monoisotopic (exact) mass is 250 g/mol. The molecule has 0 unspecified atom stereocenters. The first-order valence-corrected chi connectivity index (χ1v) is 6.13. The molecule has 90 valence electrons. The minimum atomic E-state index is -0.412. The van der Waals surface area contributed by atoms with E-state index in [0.717, 1.165) is 4.90 Å². The second-order valence-corrected chi connectivity index (χ2v) is 4.28. The van der Waals surface area contributed by atoms with E-state index in [1.54, 1.807) is 6.92 Å². The van der Waals surface area contributed by atoms with Crippen molar-refractivity contribution in [1.29, 1.82) is 0 Å². The van der Waals surface area contributed by atoms with Gasteiger partial charge in [0, 0.05) is 17.4 Å². The molecule has 0 fully saturated rings. The summed E-state index contributed by atoms with van der Waals surface area (Å²) in [5, 5.41) is -0.00301. The van der Waals surface area contributed by atoms with Crippen LogP contribution < -0.4 is 0 Å². The van der Waals surface area contributed by atoms with Gasteiger partial charge in [-0.05, 0) is 19.1 Å². The molecule has 0 saturated heterocycles. The molecule has 0 atom stereocenters. The maximum Gasteiger partial charge on any atom is 0.330 e. The molecule has 17 heavy (non-hydrogen) atoms. The van der Waals surface area contributed by atoms with Gasteiger partial charge in [-0.25, -0.2) is 4.79 Å². The van der Waals surface area contributed by atoms with Gasteiger partial charge in [0.05, 0.1) is 6.61 Å². The van der Waals surface area contributed by atoms with E-state index in [1.807, 2.05) is 30.3 Å². The molecular weight excluding hydrogens is 236 g/mol. The number of thioether (sulfide) groups is 1. The molecule has 0 N–H and O–H groups in total. The quantitative estimate of drug-likeness (QED) is 0.458. The Bertz CT molecular complexity index is 398. The molecule has 1 rings (SSSR count). The zero-order valence-corrected chi connectivity index (χ0v) is 10.4. The zero-order chi connectivity index (χ0) is 12.5. The Balaban J connectivity index is 2.33. The maximum absolute atomic E-state index is 11.5. The highest BCUT2D eigenvalue weighted by Crippen LogP contribution is 2.19. The van der Waals surface area contributed by atoms with Gasteiger partial charge in [0.1, 0.15) is 0 Å². The van der Waals surface area contributed by atoms with Gasteiger partial charge in [-0.3, -0.25) is 4.79 Å². The Kier molecular flexibility index (Phi) is 6.10. The van der Waals surface area contributed by atoms with E-state index >= 15 is 0 Å². The van der Waals surface area contributed by atoms with Crippen LogP contribution in [0.25, 0.3) is 0 Å². The van der Waals surface area contributed by atoms with Crippen molar-refractivity contribution in [3.8, 4) is 0 Å². The highest BCUT2D eigenvalue weighted by Gasteiger charge is 2.02.